The van der Waals surface area contributed by atoms with Gasteiger partial charge in [-0.1, -0.05) is 29.7 Å². The lowest BCUT2D eigenvalue weighted by Gasteiger charge is -2.15. The number of aliphatic imine (C=N–C) groups is 1. The molecule has 1 atom stereocenters. The van der Waals surface area contributed by atoms with Crippen LogP contribution in [0.15, 0.2) is 40.6 Å². The van der Waals surface area contributed by atoms with E-state index in [4.69, 9.17) is 0 Å². The molecule has 0 aromatic rings. The predicted octanol–water partition coefficient (Wildman–Crippen LogP) is 3.90. The van der Waals surface area contributed by atoms with Gasteiger partial charge in [0.15, 0.2) is 0 Å². The first-order chi connectivity index (χ1) is 7.65. The molecule has 0 aliphatic heterocycles. The van der Waals surface area contributed by atoms with E-state index in [1.807, 2.05) is 13.1 Å². The van der Waals surface area contributed by atoms with Gasteiger partial charge in [0.1, 0.15) is 0 Å². The van der Waals surface area contributed by atoms with E-state index in [1.165, 1.54) is 11.1 Å². The van der Waals surface area contributed by atoms with Crippen molar-refractivity contribution in [3.63, 3.8) is 0 Å². The summed E-state index contributed by atoms with van der Waals surface area (Å²) < 4.78 is 0. The minimum absolute atomic E-state index is 0.310. The number of rotatable bonds is 2. The third-order valence-corrected chi connectivity index (χ3v) is 2.41. The first-order valence-corrected chi connectivity index (χ1v) is 5.62. The highest BCUT2D eigenvalue weighted by atomic mass is 14.7. The lowest BCUT2D eigenvalue weighted by Crippen LogP contribution is -2.10. The Hall–Kier alpha value is -1.55. The van der Waals surface area contributed by atoms with Gasteiger partial charge in [0.2, 0.25) is 0 Å². The van der Waals surface area contributed by atoms with Gasteiger partial charge < -0.3 is 0 Å². The summed E-state index contributed by atoms with van der Waals surface area (Å²) >= 11 is 0. The van der Waals surface area contributed by atoms with E-state index in [0.717, 1.165) is 12.1 Å². The van der Waals surface area contributed by atoms with Crippen molar-refractivity contribution in [1.82, 2.24) is 0 Å². The number of hydrogen-bond donors (Lipinski definition) is 0. The van der Waals surface area contributed by atoms with E-state index >= 15 is 0 Å². The van der Waals surface area contributed by atoms with Crippen LogP contribution in [0.5, 0.6) is 0 Å². The molecule has 0 spiro atoms. The molecule has 1 unspecified atom stereocenters. The molecule has 1 heteroatoms. The zero-order valence-corrected chi connectivity index (χ0v) is 10.5. The van der Waals surface area contributed by atoms with Crippen molar-refractivity contribution in [3.8, 4) is 11.8 Å². The van der Waals surface area contributed by atoms with E-state index in [9.17, 15) is 0 Å². The van der Waals surface area contributed by atoms with Crippen LogP contribution in [-0.4, -0.2) is 5.71 Å². The Kier molecular flexibility index (Phi) is 4.79. The van der Waals surface area contributed by atoms with Crippen molar-refractivity contribution in [2.24, 2.45) is 10.9 Å². The van der Waals surface area contributed by atoms with Crippen LogP contribution < -0.4 is 0 Å². The van der Waals surface area contributed by atoms with Gasteiger partial charge in [0, 0.05) is 11.9 Å². The van der Waals surface area contributed by atoms with Crippen LogP contribution >= 0.6 is 0 Å². The van der Waals surface area contributed by atoms with Gasteiger partial charge in [-0.3, -0.25) is 4.99 Å². The van der Waals surface area contributed by atoms with Crippen LogP contribution in [0.3, 0.4) is 0 Å². The molecule has 0 saturated carbocycles. The van der Waals surface area contributed by atoms with Crippen molar-refractivity contribution in [2.75, 3.05) is 0 Å². The number of hydrogen-bond acceptors (Lipinski definition) is 1. The molecular formula is C15H19N. The van der Waals surface area contributed by atoms with E-state index < -0.39 is 0 Å². The SMILES string of the molecule is CC#CC1CC=CC=C1C(C)=NC=C(C)C. The monoisotopic (exact) mass is 213 g/mol. The van der Waals surface area contributed by atoms with Crippen molar-refractivity contribution in [2.45, 2.75) is 34.1 Å². The Morgan fingerprint density at radius 2 is 2.19 bits per heavy atom. The fourth-order valence-electron chi connectivity index (χ4n) is 1.61. The highest BCUT2D eigenvalue weighted by molar-refractivity contribution is 6.00. The second-order valence-corrected chi connectivity index (χ2v) is 4.15. The van der Waals surface area contributed by atoms with E-state index in [-0.39, 0.29) is 0 Å². The van der Waals surface area contributed by atoms with Crippen LogP contribution in [0.4, 0.5) is 0 Å². The third-order valence-electron chi connectivity index (χ3n) is 2.41. The van der Waals surface area contributed by atoms with Gasteiger partial charge >= 0.3 is 0 Å². The Morgan fingerprint density at radius 3 is 2.81 bits per heavy atom. The van der Waals surface area contributed by atoms with Gasteiger partial charge in [-0.25, -0.2) is 0 Å². The van der Waals surface area contributed by atoms with Crippen LogP contribution in [-0.2, 0) is 0 Å². The molecule has 0 heterocycles. The lowest BCUT2D eigenvalue weighted by molar-refractivity contribution is 0.823. The molecule has 0 bridgehead atoms. The van der Waals surface area contributed by atoms with E-state index in [2.05, 4.69) is 55.8 Å². The Morgan fingerprint density at radius 1 is 1.44 bits per heavy atom. The molecule has 1 aliphatic carbocycles. The van der Waals surface area contributed by atoms with Crippen LogP contribution in [0.1, 0.15) is 34.1 Å². The summed E-state index contributed by atoms with van der Waals surface area (Å²) in [6.07, 6.45) is 9.27. The van der Waals surface area contributed by atoms with E-state index in [1.54, 1.807) is 0 Å². The third kappa shape index (κ3) is 3.55. The van der Waals surface area contributed by atoms with Crippen LogP contribution in [0, 0.1) is 17.8 Å². The Labute approximate surface area is 98.7 Å². The highest BCUT2D eigenvalue weighted by Gasteiger charge is 2.14. The maximum atomic E-state index is 4.46. The molecule has 84 valence electrons. The fourth-order valence-corrected chi connectivity index (χ4v) is 1.61. The molecule has 0 aromatic heterocycles. The number of allylic oxidation sites excluding steroid dienone is 5. The van der Waals surface area contributed by atoms with Gasteiger partial charge in [-0.05, 0) is 39.7 Å². The summed E-state index contributed by atoms with van der Waals surface area (Å²) in [6, 6.07) is 0. The van der Waals surface area contributed by atoms with Gasteiger partial charge in [0.05, 0.1) is 5.92 Å². The maximum absolute atomic E-state index is 4.46. The standard InChI is InChI=1S/C15H19N/c1-5-8-14-9-6-7-10-15(14)13(4)16-11-12(2)3/h6-7,10-11,14H,9H2,1-4H3. The van der Waals surface area contributed by atoms with Crippen LogP contribution in [0.2, 0.25) is 0 Å². The minimum atomic E-state index is 0.310. The molecule has 0 N–H and O–H groups in total. The zero-order chi connectivity index (χ0) is 12.0. The van der Waals surface area contributed by atoms with E-state index in [0.29, 0.717) is 5.92 Å². The smallest absolute Gasteiger partial charge is 0.0504 e. The van der Waals surface area contributed by atoms with Crippen molar-refractivity contribution < 1.29 is 0 Å². The Bertz CT molecular complexity index is 418. The second kappa shape index (κ2) is 6.12. The first kappa shape index (κ1) is 12.5. The Balaban J connectivity index is 2.94. The predicted molar refractivity (Wildman–Crippen MR) is 71.3 cm³/mol. The van der Waals surface area contributed by atoms with Crippen LogP contribution in [0.25, 0.3) is 0 Å². The summed E-state index contributed by atoms with van der Waals surface area (Å²) in [6.45, 7) is 8.04. The van der Waals surface area contributed by atoms with Crippen molar-refractivity contribution in [3.05, 3.63) is 35.6 Å². The van der Waals surface area contributed by atoms with Gasteiger partial charge in [-0.15, -0.1) is 5.92 Å². The lowest BCUT2D eigenvalue weighted by atomic mass is 9.89. The summed E-state index contributed by atoms with van der Waals surface area (Å²) in [5.74, 6) is 6.53. The topological polar surface area (TPSA) is 12.4 Å². The number of nitrogens with zero attached hydrogens (tertiary/aromatic N) is 1. The molecule has 0 aromatic carbocycles. The molecule has 1 rings (SSSR count). The molecule has 0 radical (unpaired) electrons. The molecule has 0 saturated heterocycles. The molecular weight excluding hydrogens is 194 g/mol. The first-order valence-electron chi connectivity index (χ1n) is 5.62. The molecule has 0 fully saturated rings. The minimum Gasteiger partial charge on any atom is -0.261 e. The molecule has 1 nitrogen and oxygen atoms in total. The average molecular weight is 213 g/mol. The maximum Gasteiger partial charge on any atom is 0.0504 e. The van der Waals surface area contributed by atoms with Crippen molar-refractivity contribution >= 4 is 5.71 Å². The molecule has 0 amide bonds. The largest absolute Gasteiger partial charge is 0.261 e. The normalized spacial score (nSPS) is 19.6. The summed E-state index contributed by atoms with van der Waals surface area (Å²) in [4.78, 5) is 4.46. The van der Waals surface area contributed by atoms with Gasteiger partial charge in [-0.2, -0.15) is 0 Å². The molecule has 16 heavy (non-hydrogen) atoms. The highest BCUT2D eigenvalue weighted by Crippen LogP contribution is 2.21. The summed E-state index contributed by atoms with van der Waals surface area (Å²) in [5.41, 5.74) is 3.53. The van der Waals surface area contributed by atoms with Gasteiger partial charge in [0.25, 0.3) is 0 Å². The zero-order valence-electron chi connectivity index (χ0n) is 10.5. The van der Waals surface area contributed by atoms with Crippen molar-refractivity contribution in [1.29, 1.82) is 0 Å². The average Bonchev–Trinajstić information content (AvgIpc) is 2.27. The summed E-state index contributed by atoms with van der Waals surface area (Å²) in [5, 5.41) is 0. The second-order valence-electron chi connectivity index (χ2n) is 4.15. The quantitative estimate of drug-likeness (QED) is 0.487. The fraction of sp³-hybridized carbons (Fsp3) is 0.400. The molecule has 1 aliphatic rings. The summed E-state index contributed by atoms with van der Waals surface area (Å²) in [7, 11) is 0.